The minimum absolute atomic E-state index is 0.151. The van der Waals surface area contributed by atoms with E-state index in [1.54, 1.807) is 32.9 Å². The number of aliphatic hydroxyl groups excluding tert-OH is 2. The van der Waals surface area contributed by atoms with Gasteiger partial charge in [0.1, 0.15) is 6.61 Å². The average Bonchev–Trinajstić information content (AvgIpc) is 2.44. The van der Waals surface area contributed by atoms with E-state index in [2.05, 4.69) is 11.8 Å². The van der Waals surface area contributed by atoms with Gasteiger partial charge in [-0.15, -0.1) is 0 Å². The first-order valence-electron chi connectivity index (χ1n) is 6.47. The predicted molar refractivity (Wildman–Crippen MR) is 81.3 cm³/mol. The summed E-state index contributed by atoms with van der Waals surface area (Å²) in [5, 5.41) is 18.0. The standard InChI is InChI=1S/C15H21NO4S/c1-12-10-14(8-7-13(12)6-5-9-17)21(19,20)16(4)15(2,3)11-18/h7-8,10,17-18H,9,11H2,1-4H3. The Morgan fingerprint density at radius 2 is 1.90 bits per heavy atom. The summed E-state index contributed by atoms with van der Waals surface area (Å²) in [6, 6.07) is 4.64. The van der Waals surface area contributed by atoms with Crippen molar-refractivity contribution in [1.82, 2.24) is 4.31 Å². The first-order valence-corrected chi connectivity index (χ1v) is 7.91. The van der Waals surface area contributed by atoms with Crippen molar-refractivity contribution in [2.75, 3.05) is 20.3 Å². The Morgan fingerprint density at radius 3 is 2.38 bits per heavy atom. The third-order valence-corrected chi connectivity index (χ3v) is 5.46. The molecule has 0 bridgehead atoms. The van der Waals surface area contributed by atoms with Crippen LogP contribution >= 0.6 is 0 Å². The highest BCUT2D eigenvalue weighted by Gasteiger charge is 2.33. The highest BCUT2D eigenvalue weighted by molar-refractivity contribution is 7.89. The van der Waals surface area contributed by atoms with Crippen molar-refractivity contribution in [3.05, 3.63) is 29.3 Å². The van der Waals surface area contributed by atoms with Crippen molar-refractivity contribution in [2.45, 2.75) is 31.2 Å². The number of hydrogen-bond donors (Lipinski definition) is 2. The SMILES string of the molecule is Cc1cc(S(=O)(=O)N(C)C(C)(C)CO)ccc1C#CCO. The highest BCUT2D eigenvalue weighted by atomic mass is 32.2. The Bertz CT molecular complexity index is 669. The third kappa shape index (κ3) is 3.83. The molecule has 0 aromatic heterocycles. The van der Waals surface area contributed by atoms with Gasteiger partial charge in [-0.1, -0.05) is 11.8 Å². The van der Waals surface area contributed by atoms with Crippen molar-refractivity contribution in [1.29, 1.82) is 0 Å². The molecule has 116 valence electrons. The Labute approximate surface area is 126 Å². The van der Waals surface area contributed by atoms with Crippen LogP contribution in [-0.2, 0) is 10.0 Å². The number of aliphatic hydroxyl groups is 2. The van der Waals surface area contributed by atoms with Crippen LogP contribution in [0.4, 0.5) is 0 Å². The van der Waals surface area contributed by atoms with Gasteiger partial charge < -0.3 is 10.2 Å². The van der Waals surface area contributed by atoms with E-state index >= 15 is 0 Å². The summed E-state index contributed by atoms with van der Waals surface area (Å²) in [7, 11) is -2.25. The second kappa shape index (κ2) is 6.58. The Balaban J connectivity index is 3.25. The first-order chi connectivity index (χ1) is 9.66. The summed E-state index contributed by atoms with van der Waals surface area (Å²) in [6.07, 6.45) is 0. The van der Waals surface area contributed by atoms with Crippen molar-refractivity contribution >= 4 is 10.0 Å². The van der Waals surface area contributed by atoms with Crippen molar-refractivity contribution < 1.29 is 18.6 Å². The average molecular weight is 311 g/mol. The molecule has 21 heavy (non-hydrogen) atoms. The van der Waals surface area contributed by atoms with Gasteiger partial charge in [0.15, 0.2) is 0 Å². The van der Waals surface area contributed by atoms with Crippen LogP contribution in [0.2, 0.25) is 0 Å². The number of nitrogens with zero attached hydrogens (tertiary/aromatic N) is 1. The molecule has 0 aliphatic heterocycles. The lowest BCUT2D eigenvalue weighted by Crippen LogP contribution is -2.47. The van der Waals surface area contributed by atoms with Crippen LogP contribution in [0.25, 0.3) is 0 Å². The maximum absolute atomic E-state index is 12.6. The fourth-order valence-corrected chi connectivity index (χ4v) is 3.25. The zero-order chi connectivity index (χ0) is 16.3. The van der Waals surface area contributed by atoms with Gasteiger partial charge in [0.05, 0.1) is 17.0 Å². The van der Waals surface area contributed by atoms with Gasteiger partial charge in [0, 0.05) is 12.6 Å². The second-order valence-electron chi connectivity index (χ2n) is 5.38. The van der Waals surface area contributed by atoms with Crippen LogP contribution in [0.3, 0.4) is 0 Å². The van der Waals surface area contributed by atoms with Gasteiger partial charge in [0.2, 0.25) is 10.0 Å². The molecule has 0 spiro atoms. The highest BCUT2D eigenvalue weighted by Crippen LogP contribution is 2.24. The van der Waals surface area contributed by atoms with Crippen LogP contribution in [0.5, 0.6) is 0 Å². The van der Waals surface area contributed by atoms with Crippen LogP contribution in [-0.4, -0.2) is 48.7 Å². The predicted octanol–water partition coefficient (Wildman–Crippen LogP) is 0.730. The molecule has 6 heteroatoms. The first kappa shape index (κ1) is 17.7. The Morgan fingerprint density at radius 1 is 1.29 bits per heavy atom. The summed E-state index contributed by atoms with van der Waals surface area (Å²) in [5.74, 6) is 5.30. The quantitative estimate of drug-likeness (QED) is 0.804. The lowest BCUT2D eigenvalue weighted by molar-refractivity contribution is 0.138. The van der Waals surface area contributed by atoms with E-state index in [-0.39, 0.29) is 18.1 Å². The lowest BCUT2D eigenvalue weighted by Gasteiger charge is -2.32. The van der Waals surface area contributed by atoms with Crippen molar-refractivity contribution in [2.24, 2.45) is 0 Å². The van der Waals surface area contributed by atoms with Crippen LogP contribution < -0.4 is 0 Å². The van der Waals surface area contributed by atoms with Gasteiger partial charge in [-0.3, -0.25) is 0 Å². The molecule has 0 radical (unpaired) electrons. The molecule has 0 amide bonds. The summed E-state index contributed by atoms with van der Waals surface area (Å²) in [6.45, 7) is 4.54. The molecule has 5 nitrogen and oxygen atoms in total. The van der Waals surface area contributed by atoms with Crippen LogP contribution in [0.15, 0.2) is 23.1 Å². The third-order valence-electron chi connectivity index (χ3n) is 3.40. The molecule has 1 aromatic rings. The molecular formula is C15H21NO4S. The smallest absolute Gasteiger partial charge is 0.243 e. The summed E-state index contributed by atoms with van der Waals surface area (Å²) in [5.41, 5.74) is 0.501. The fraction of sp³-hybridized carbons (Fsp3) is 0.467. The summed E-state index contributed by atoms with van der Waals surface area (Å²) < 4.78 is 26.3. The molecule has 1 aromatic carbocycles. The molecule has 0 saturated heterocycles. The zero-order valence-electron chi connectivity index (χ0n) is 12.7. The normalized spacial score (nSPS) is 12.1. The number of likely N-dealkylation sites (N-methyl/N-ethyl adjacent to an activating group) is 1. The molecule has 2 N–H and O–H groups in total. The molecule has 0 aliphatic rings. The number of sulfonamides is 1. The Kier molecular flexibility index (Phi) is 5.54. The second-order valence-corrected chi connectivity index (χ2v) is 7.35. The largest absolute Gasteiger partial charge is 0.394 e. The van der Waals surface area contributed by atoms with Crippen molar-refractivity contribution in [3.8, 4) is 11.8 Å². The molecule has 0 heterocycles. The molecule has 0 saturated carbocycles. The van der Waals surface area contributed by atoms with E-state index in [0.717, 1.165) is 4.31 Å². The minimum Gasteiger partial charge on any atom is -0.394 e. The number of aryl methyl sites for hydroxylation is 1. The van der Waals surface area contributed by atoms with Crippen molar-refractivity contribution in [3.63, 3.8) is 0 Å². The van der Waals surface area contributed by atoms with Gasteiger partial charge in [0.25, 0.3) is 0 Å². The number of rotatable bonds is 4. The van der Waals surface area contributed by atoms with E-state index < -0.39 is 15.6 Å². The van der Waals surface area contributed by atoms with Gasteiger partial charge in [-0.25, -0.2) is 8.42 Å². The minimum atomic E-state index is -3.69. The molecule has 0 unspecified atom stereocenters. The molecular weight excluding hydrogens is 290 g/mol. The topological polar surface area (TPSA) is 77.8 Å². The van der Waals surface area contributed by atoms with E-state index in [0.29, 0.717) is 11.1 Å². The van der Waals surface area contributed by atoms with Gasteiger partial charge in [-0.2, -0.15) is 4.31 Å². The van der Waals surface area contributed by atoms with Gasteiger partial charge in [-0.05, 0) is 44.5 Å². The lowest BCUT2D eigenvalue weighted by atomic mass is 10.1. The Hall–Kier alpha value is -1.39. The monoisotopic (exact) mass is 311 g/mol. The molecule has 0 aliphatic carbocycles. The molecule has 0 atom stereocenters. The number of benzene rings is 1. The van der Waals surface area contributed by atoms with E-state index in [4.69, 9.17) is 5.11 Å². The van der Waals surface area contributed by atoms with E-state index in [1.807, 2.05) is 0 Å². The maximum Gasteiger partial charge on any atom is 0.243 e. The molecule has 1 rings (SSSR count). The van der Waals surface area contributed by atoms with E-state index in [9.17, 15) is 13.5 Å². The summed E-state index contributed by atoms with van der Waals surface area (Å²) >= 11 is 0. The molecule has 0 fully saturated rings. The fourth-order valence-electron chi connectivity index (χ4n) is 1.65. The van der Waals surface area contributed by atoms with E-state index in [1.165, 1.54) is 13.1 Å². The number of hydrogen-bond acceptors (Lipinski definition) is 4. The summed E-state index contributed by atoms with van der Waals surface area (Å²) in [4.78, 5) is 0.151. The zero-order valence-corrected chi connectivity index (χ0v) is 13.5. The maximum atomic E-state index is 12.6. The van der Waals surface area contributed by atoms with Gasteiger partial charge >= 0.3 is 0 Å². The van der Waals surface area contributed by atoms with Crippen LogP contribution in [0.1, 0.15) is 25.0 Å². The van der Waals surface area contributed by atoms with Crippen LogP contribution in [0, 0.1) is 18.8 Å².